The number of hydrogen-bond acceptors (Lipinski definition) is 6. The lowest BCUT2D eigenvalue weighted by molar-refractivity contribution is 0.0527. The molecule has 0 aliphatic carbocycles. The molecule has 0 fully saturated rings. The molecule has 0 saturated heterocycles. The van der Waals surface area contributed by atoms with E-state index >= 15 is 0 Å². The van der Waals surface area contributed by atoms with Crippen molar-refractivity contribution in [2.45, 2.75) is 19.1 Å². The Hall–Kier alpha value is -3.15. The number of carbonyl (C=O) groups excluding carboxylic acids is 1. The van der Waals surface area contributed by atoms with Gasteiger partial charge >= 0.3 is 5.97 Å². The fraction of sp³-hybridized carbons (Fsp3) is 0.217. The van der Waals surface area contributed by atoms with Crippen molar-refractivity contribution >= 4 is 42.9 Å². The SMILES string of the molecule is CCOC(=O)c1c(C(c2ccccc2)S(=O)(=O)O)n(C)c2c(C)c(Br)c(O)c(-n3ccnc3)c12. The maximum absolute atomic E-state index is 13.4. The number of esters is 1. The molecular formula is C23H22BrN3O6S. The van der Waals surface area contributed by atoms with Crippen molar-refractivity contribution in [3.05, 3.63) is 75.9 Å². The Morgan fingerprint density at radius 2 is 1.94 bits per heavy atom. The molecule has 9 nitrogen and oxygen atoms in total. The van der Waals surface area contributed by atoms with E-state index in [0.29, 0.717) is 15.6 Å². The van der Waals surface area contributed by atoms with E-state index in [1.165, 1.54) is 17.1 Å². The van der Waals surface area contributed by atoms with E-state index < -0.39 is 21.3 Å². The normalized spacial score (nSPS) is 12.7. The molecule has 0 amide bonds. The second-order valence-corrected chi connectivity index (χ2v) is 9.97. The quantitative estimate of drug-likeness (QED) is 0.272. The lowest BCUT2D eigenvalue weighted by Gasteiger charge is -2.18. The summed E-state index contributed by atoms with van der Waals surface area (Å²) in [6.07, 6.45) is 4.56. The van der Waals surface area contributed by atoms with E-state index in [4.69, 9.17) is 4.74 Å². The molecule has 178 valence electrons. The van der Waals surface area contributed by atoms with Crippen molar-refractivity contribution in [1.82, 2.24) is 14.1 Å². The topological polar surface area (TPSA) is 124 Å². The number of ether oxygens (including phenoxy) is 1. The molecule has 0 spiro atoms. The first-order valence-electron chi connectivity index (χ1n) is 10.3. The number of halogens is 1. The average molecular weight is 548 g/mol. The molecule has 1 atom stereocenters. The summed E-state index contributed by atoms with van der Waals surface area (Å²) in [5, 5.41) is 9.77. The van der Waals surface area contributed by atoms with Crippen molar-refractivity contribution in [3.8, 4) is 11.4 Å². The van der Waals surface area contributed by atoms with E-state index in [9.17, 15) is 22.9 Å². The van der Waals surface area contributed by atoms with E-state index in [1.807, 2.05) is 0 Å². The van der Waals surface area contributed by atoms with E-state index in [2.05, 4.69) is 20.9 Å². The Bertz CT molecular complexity index is 1500. The van der Waals surface area contributed by atoms with Crippen molar-refractivity contribution in [3.63, 3.8) is 0 Å². The van der Waals surface area contributed by atoms with Gasteiger partial charge < -0.3 is 19.0 Å². The molecule has 2 heterocycles. The highest BCUT2D eigenvalue weighted by molar-refractivity contribution is 9.10. The van der Waals surface area contributed by atoms with Gasteiger partial charge in [-0.2, -0.15) is 8.42 Å². The summed E-state index contributed by atoms with van der Waals surface area (Å²) < 4.78 is 44.6. The first-order chi connectivity index (χ1) is 16.1. The minimum absolute atomic E-state index is 0.0177. The van der Waals surface area contributed by atoms with E-state index in [1.54, 1.807) is 62.0 Å². The standard InChI is InChI=1S/C23H22BrN3O6S/c1-4-33-23(29)16-15-18(13(2)17(24)21(28)19(15)27-11-10-25-12-27)26(3)20(16)22(34(30,31)32)14-8-6-5-7-9-14/h5-12,22,28H,4H2,1-3H3,(H,30,31,32). The second kappa shape index (κ2) is 8.90. The van der Waals surface area contributed by atoms with Crippen LogP contribution in [-0.2, 0) is 21.9 Å². The number of aromatic hydroxyl groups is 1. The van der Waals surface area contributed by atoms with Gasteiger partial charge in [0, 0.05) is 24.8 Å². The summed E-state index contributed by atoms with van der Waals surface area (Å²) in [4.78, 5) is 17.4. The third kappa shape index (κ3) is 3.79. The Labute approximate surface area is 204 Å². The number of benzene rings is 2. The number of phenols is 1. The van der Waals surface area contributed by atoms with E-state index in [-0.39, 0.29) is 40.3 Å². The van der Waals surface area contributed by atoms with Crippen LogP contribution in [0.2, 0.25) is 0 Å². The Kier molecular flexibility index (Phi) is 6.28. The van der Waals surface area contributed by atoms with Crippen molar-refractivity contribution in [1.29, 1.82) is 0 Å². The van der Waals surface area contributed by atoms with Crippen LogP contribution in [0.4, 0.5) is 0 Å². The largest absolute Gasteiger partial charge is 0.505 e. The zero-order chi connectivity index (χ0) is 24.8. The molecule has 0 radical (unpaired) electrons. The molecule has 2 N–H and O–H groups in total. The van der Waals surface area contributed by atoms with Crippen LogP contribution in [0.15, 0.2) is 53.5 Å². The third-order valence-electron chi connectivity index (χ3n) is 5.68. The first-order valence-corrected chi connectivity index (χ1v) is 12.6. The molecule has 1 unspecified atom stereocenters. The second-order valence-electron chi connectivity index (χ2n) is 7.68. The van der Waals surface area contributed by atoms with Gasteiger partial charge in [-0.05, 0) is 40.9 Å². The number of aryl methyl sites for hydroxylation is 2. The molecule has 0 saturated carbocycles. The van der Waals surface area contributed by atoms with Crippen LogP contribution < -0.4 is 0 Å². The van der Waals surface area contributed by atoms with Crippen molar-refractivity contribution in [2.75, 3.05) is 6.61 Å². The number of fused-ring (bicyclic) bond motifs is 1. The Morgan fingerprint density at radius 1 is 1.26 bits per heavy atom. The minimum Gasteiger partial charge on any atom is -0.505 e. The number of nitrogens with zero attached hydrogens (tertiary/aromatic N) is 3. The van der Waals surface area contributed by atoms with Gasteiger partial charge in [0.05, 0.1) is 34.2 Å². The summed E-state index contributed by atoms with van der Waals surface area (Å²) in [6.45, 7) is 3.40. The lowest BCUT2D eigenvalue weighted by atomic mass is 10.0. The predicted molar refractivity (Wildman–Crippen MR) is 130 cm³/mol. The smallest absolute Gasteiger partial charge is 0.340 e. The summed E-state index contributed by atoms with van der Waals surface area (Å²) in [5.74, 6) is -0.941. The zero-order valence-electron chi connectivity index (χ0n) is 18.6. The van der Waals surface area contributed by atoms with Gasteiger partial charge in [-0.15, -0.1) is 0 Å². The molecular weight excluding hydrogens is 526 g/mol. The fourth-order valence-electron chi connectivity index (χ4n) is 4.33. The molecule has 2 aromatic heterocycles. The lowest BCUT2D eigenvalue weighted by Crippen LogP contribution is -2.20. The van der Waals surface area contributed by atoms with Crippen LogP contribution in [0.25, 0.3) is 16.6 Å². The van der Waals surface area contributed by atoms with Crippen molar-refractivity contribution < 1.29 is 27.6 Å². The number of phenolic OH excluding ortho intramolecular Hbond substituents is 1. The third-order valence-corrected chi connectivity index (χ3v) is 7.75. The van der Waals surface area contributed by atoms with Gasteiger partial charge in [0.1, 0.15) is 5.69 Å². The summed E-state index contributed by atoms with van der Waals surface area (Å²) in [7, 11) is -3.13. The average Bonchev–Trinajstić information content (AvgIpc) is 3.40. The van der Waals surface area contributed by atoms with Gasteiger partial charge in [0.2, 0.25) is 0 Å². The number of aromatic nitrogens is 3. The van der Waals surface area contributed by atoms with E-state index in [0.717, 1.165) is 0 Å². The number of carbonyl (C=O) groups is 1. The summed E-state index contributed by atoms with van der Waals surface area (Å²) in [5.41, 5.74) is 1.49. The van der Waals surface area contributed by atoms with Crippen LogP contribution in [0.3, 0.4) is 0 Å². The molecule has 2 aromatic carbocycles. The maximum atomic E-state index is 13.4. The first kappa shape index (κ1) is 24.0. The van der Waals surface area contributed by atoms with Crippen LogP contribution in [-0.4, -0.2) is 44.8 Å². The summed E-state index contributed by atoms with van der Waals surface area (Å²) >= 11 is 3.41. The number of hydrogen-bond donors (Lipinski definition) is 2. The van der Waals surface area contributed by atoms with Gasteiger partial charge in [-0.25, -0.2) is 9.78 Å². The predicted octanol–water partition coefficient (Wildman–Crippen LogP) is 4.29. The van der Waals surface area contributed by atoms with Gasteiger partial charge in [-0.1, -0.05) is 30.3 Å². The molecule has 0 bridgehead atoms. The molecule has 0 aliphatic rings. The fourth-order valence-corrected chi connectivity index (χ4v) is 5.77. The Balaban J connectivity index is 2.27. The molecule has 34 heavy (non-hydrogen) atoms. The highest BCUT2D eigenvalue weighted by atomic mass is 79.9. The van der Waals surface area contributed by atoms with Gasteiger partial charge in [0.25, 0.3) is 10.1 Å². The maximum Gasteiger partial charge on any atom is 0.340 e. The minimum atomic E-state index is -4.73. The Morgan fingerprint density at radius 3 is 2.50 bits per heavy atom. The molecule has 4 rings (SSSR count). The molecule has 11 heteroatoms. The van der Waals surface area contributed by atoms with Crippen LogP contribution >= 0.6 is 15.9 Å². The highest BCUT2D eigenvalue weighted by Crippen LogP contribution is 2.46. The highest BCUT2D eigenvalue weighted by Gasteiger charge is 2.38. The van der Waals surface area contributed by atoms with Crippen LogP contribution in [0.5, 0.6) is 5.75 Å². The monoisotopic (exact) mass is 547 g/mol. The zero-order valence-corrected chi connectivity index (χ0v) is 21.0. The number of rotatable bonds is 6. The van der Waals surface area contributed by atoms with Gasteiger partial charge in [-0.3, -0.25) is 4.55 Å². The van der Waals surface area contributed by atoms with Crippen LogP contribution in [0, 0.1) is 6.92 Å². The van der Waals surface area contributed by atoms with Crippen LogP contribution in [0.1, 0.15) is 39.4 Å². The van der Waals surface area contributed by atoms with Crippen molar-refractivity contribution in [2.24, 2.45) is 7.05 Å². The number of imidazole rings is 1. The summed E-state index contributed by atoms with van der Waals surface area (Å²) in [6, 6.07) is 8.12. The molecule has 4 aromatic rings. The van der Waals surface area contributed by atoms with Gasteiger partial charge in [0.15, 0.2) is 11.0 Å². The molecule has 0 aliphatic heterocycles.